The van der Waals surface area contributed by atoms with E-state index in [9.17, 15) is 9.90 Å². The van der Waals surface area contributed by atoms with Gasteiger partial charge in [0.2, 0.25) is 0 Å². The van der Waals surface area contributed by atoms with Crippen molar-refractivity contribution >= 4 is 5.97 Å². The lowest BCUT2D eigenvalue weighted by molar-refractivity contribution is -0.149. The van der Waals surface area contributed by atoms with Gasteiger partial charge >= 0.3 is 5.97 Å². The quantitative estimate of drug-likeness (QED) is 0.821. The van der Waals surface area contributed by atoms with E-state index in [4.69, 9.17) is 4.74 Å². The van der Waals surface area contributed by atoms with E-state index in [1.807, 2.05) is 38.1 Å². The molecule has 1 unspecified atom stereocenters. The van der Waals surface area contributed by atoms with Gasteiger partial charge in [-0.15, -0.1) is 0 Å². The van der Waals surface area contributed by atoms with Crippen LogP contribution in [-0.2, 0) is 9.53 Å². The maximum atomic E-state index is 11.7. The fourth-order valence-corrected chi connectivity index (χ4v) is 2.91. The van der Waals surface area contributed by atoms with Crippen LogP contribution in [0.2, 0.25) is 0 Å². The molecule has 1 heterocycles. The first kappa shape index (κ1) is 17.0. The number of nitrogens with zero attached hydrogens (tertiary/aromatic N) is 1. The van der Waals surface area contributed by atoms with E-state index >= 15 is 0 Å². The third kappa shape index (κ3) is 4.82. The maximum absolute atomic E-state index is 11.7. The Hall–Kier alpha value is -1.39. The molecular weight excluding hydrogens is 278 g/mol. The van der Waals surface area contributed by atoms with Crippen molar-refractivity contribution in [2.75, 3.05) is 26.2 Å². The first-order valence-electron chi connectivity index (χ1n) is 8.23. The van der Waals surface area contributed by atoms with Crippen LogP contribution in [0.15, 0.2) is 24.3 Å². The summed E-state index contributed by atoms with van der Waals surface area (Å²) in [7, 11) is 0. The molecule has 0 aliphatic carbocycles. The van der Waals surface area contributed by atoms with Gasteiger partial charge in [0.05, 0.1) is 18.6 Å². The van der Waals surface area contributed by atoms with Gasteiger partial charge in [-0.1, -0.05) is 29.8 Å². The molecule has 0 amide bonds. The van der Waals surface area contributed by atoms with E-state index in [2.05, 4.69) is 4.90 Å². The van der Waals surface area contributed by atoms with Crippen molar-refractivity contribution in [2.45, 2.75) is 39.2 Å². The molecule has 0 radical (unpaired) electrons. The molecule has 1 fully saturated rings. The molecule has 1 aliphatic heterocycles. The van der Waals surface area contributed by atoms with Crippen molar-refractivity contribution in [3.8, 4) is 0 Å². The predicted octanol–water partition coefficient (Wildman–Crippen LogP) is 2.69. The Morgan fingerprint density at radius 3 is 2.55 bits per heavy atom. The molecule has 2 rings (SSSR count). The molecule has 0 aromatic heterocycles. The fourth-order valence-electron chi connectivity index (χ4n) is 2.91. The Bertz CT molecular complexity index is 464. The molecule has 1 aromatic carbocycles. The zero-order valence-corrected chi connectivity index (χ0v) is 13.6. The number of carbonyl (C=O) groups excluding carboxylic acids is 1. The lowest BCUT2D eigenvalue weighted by Gasteiger charge is -2.31. The summed E-state index contributed by atoms with van der Waals surface area (Å²) in [4.78, 5) is 14.0. The van der Waals surface area contributed by atoms with Crippen molar-refractivity contribution < 1.29 is 14.6 Å². The zero-order valence-electron chi connectivity index (χ0n) is 13.6. The second kappa shape index (κ2) is 8.30. The normalized spacial score (nSPS) is 18.1. The van der Waals surface area contributed by atoms with Crippen LogP contribution in [0, 0.1) is 12.8 Å². The van der Waals surface area contributed by atoms with E-state index in [0.717, 1.165) is 44.5 Å². The number of hydrogen-bond donors (Lipinski definition) is 1. The Balaban J connectivity index is 1.72. The van der Waals surface area contributed by atoms with Crippen molar-refractivity contribution in [1.29, 1.82) is 0 Å². The van der Waals surface area contributed by atoms with E-state index in [-0.39, 0.29) is 11.9 Å². The van der Waals surface area contributed by atoms with Gasteiger partial charge in [-0.2, -0.15) is 0 Å². The molecule has 4 heteroatoms. The van der Waals surface area contributed by atoms with Gasteiger partial charge < -0.3 is 14.7 Å². The molecule has 22 heavy (non-hydrogen) atoms. The fraction of sp³-hybridized carbons (Fsp3) is 0.611. The van der Waals surface area contributed by atoms with Crippen LogP contribution < -0.4 is 0 Å². The highest BCUT2D eigenvalue weighted by atomic mass is 16.5. The molecule has 1 saturated heterocycles. The number of esters is 1. The number of piperidine rings is 1. The number of ether oxygens (including phenoxy) is 1. The largest absolute Gasteiger partial charge is 0.466 e. The molecule has 0 bridgehead atoms. The lowest BCUT2D eigenvalue weighted by Crippen LogP contribution is -2.37. The van der Waals surface area contributed by atoms with Crippen LogP contribution in [0.1, 0.15) is 43.4 Å². The van der Waals surface area contributed by atoms with Crippen molar-refractivity contribution in [3.05, 3.63) is 35.4 Å². The van der Waals surface area contributed by atoms with Crippen molar-refractivity contribution in [3.63, 3.8) is 0 Å². The predicted molar refractivity (Wildman–Crippen MR) is 86.6 cm³/mol. The zero-order chi connectivity index (χ0) is 15.9. The Morgan fingerprint density at radius 1 is 1.32 bits per heavy atom. The van der Waals surface area contributed by atoms with E-state index in [1.165, 1.54) is 5.56 Å². The van der Waals surface area contributed by atoms with Gasteiger partial charge in [0, 0.05) is 6.54 Å². The van der Waals surface area contributed by atoms with E-state index in [0.29, 0.717) is 6.61 Å². The van der Waals surface area contributed by atoms with Gasteiger partial charge in [0.25, 0.3) is 0 Å². The smallest absolute Gasteiger partial charge is 0.309 e. The van der Waals surface area contributed by atoms with Gasteiger partial charge in [0.15, 0.2) is 0 Å². The minimum atomic E-state index is -0.414. The number of aliphatic hydroxyl groups is 1. The van der Waals surface area contributed by atoms with Crippen LogP contribution in [0.3, 0.4) is 0 Å². The minimum Gasteiger partial charge on any atom is -0.466 e. The highest BCUT2D eigenvalue weighted by molar-refractivity contribution is 5.72. The van der Waals surface area contributed by atoms with Crippen LogP contribution in [-0.4, -0.2) is 42.2 Å². The van der Waals surface area contributed by atoms with Gasteiger partial charge in [-0.05, 0) is 51.8 Å². The first-order valence-corrected chi connectivity index (χ1v) is 8.23. The highest BCUT2D eigenvalue weighted by Gasteiger charge is 2.26. The number of rotatable bonds is 6. The first-order chi connectivity index (χ1) is 10.6. The number of aryl methyl sites for hydroxylation is 1. The number of likely N-dealkylation sites (tertiary alicyclic amines) is 1. The summed E-state index contributed by atoms with van der Waals surface area (Å²) in [6.45, 7) is 7.03. The van der Waals surface area contributed by atoms with Crippen LogP contribution in [0.25, 0.3) is 0 Å². The van der Waals surface area contributed by atoms with Gasteiger partial charge in [-0.3, -0.25) is 4.79 Å². The summed E-state index contributed by atoms with van der Waals surface area (Å²) in [6, 6.07) is 8.05. The molecule has 4 nitrogen and oxygen atoms in total. The Labute approximate surface area is 133 Å². The average Bonchev–Trinajstić information content (AvgIpc) is 2.54. The standard InChI is InChI=1S/C18H27NO3/c1-3-22-18(21)16-8-11-19(12-9-16)13-10-17(20)15-6-4-14(2)5-7-15/h4-7,16-17,20H,3,8-13H2,1-2H3. The molecule has 122 valence electrons. The topological polar surface area (TPSA) is 49.8 Å². The second-order valence-corrected chi connectivity index (χ2v) is 6.08. The molecule has 0 saturated carbocycles. The van der Waals surface area contributed by atoms with Crippen LogP contribution >= 0.6 is 0 Å². The summed E-state index contributed by atoms with van der Waals surface area (Å²) < 4.78 is 5.08. The van der Waals surface area contributed by atoms with Crippen LogP contribution in [0.4, 0.5) is 0 Å². The van der Waals surface area contributed by atoms with E-state index < -0.39 is 6.10 Å². The van der Waals surface area contributed by atoms with Crippen molar-refractivity contribution in [1.82, 2.24) is 4.90 Å². The third-order valence-corrected chi connectivity index (χ3v) is 4.39. The molecule has 1 atom stereocenters. The monoisotopic (exact) mass is 305 g/mol. The maximum Gasteiger partial charge on any atom is 0.309 e. The average molecular weight is 305 g/mol. The number of benzene rings is 1. The Kier molecular flexibility index (Phi) is 6.40. The number of hydrogen-bond acceptors (Lipinski definition) is 4. The highest BCUT2D eigenvalue weighted by Crippen LogP contribution is 2.21. The van der Waals surface area contributed by atoms with E-state index in [1.54, 1.807) is 0 Å². The summed E-state index contributed by atoms with van der Waals surface area (Å²) in [5, 5.41) is 10.3. The minimum absolute atomic E-state index is 0.0539. The van der Waals surface area contributed by atoms with Gasteiger partial charge in [-0.25, -0.2) is 0 Å². The molecule has 1 aliphatic rings. The molecule has 1 N–H and O–H groups in total. The van der Waals surface area contributed by atoms with Gasteiger partial charge in [0.1, 0.15) is 0 Å². The second-order valence-electron chi connectivity index (χ2n) is 6.08. The number of aliphatic hydroxyl groups excluding tert-OH is 1. The lowest BCUT2D eigenvalue weighted by atomic mass is 9.96. The summed E-state index contributed by atoms with van der Waals surface area (Å²) in [6.07, 6.45) is 2.04. The third-order valence-electron chi connectivity index (χ3n) is 4.39. The van der Waals surface area contributed by atoms with Crippen molar-refractivity contribution in [2.24, 2.45) is 5.92 Å². The summed E-state index contributed by atoms with van der Waals surface area (Å²) in [5.41, 5.74) is 2.18. The summed E-state index contributed by atoms with van der Waals surface area (Å²) >= 11 is 0. The molecule has 0 spiro atoms. The molecule has 1 aromatic rings. The Morgan fingerprint density at radius 2 is 1.95 bits per heavy atom. The number of carbonyl (C=O) groups is 1. The SMILES string of the molecule is CCOC(=O)C1CCN(CCC(O)c2ccc(C)cc2)CC1. The molecular formula is C18H27NO3. The summed E-state index contributed by atoms with van der Waals surface area (Å²) in [5.74, 6) is 0.0000575. The van der Waals surface area contributed by atoms with Crippen LogP contribution in [0.5, 0.6) is 0 Å².